The molecule has 1 N–H and O–H groups in total. The van der Waals surface area contributed by atoms with Crippen molar-refractivity contribution in [2.75, 3.05) is 27.4 Å². The second-order valence-electron chi connectivity index (χ2n) is 6.80. The van der Waals surface area contributed by atoms with Crippen LogP contribution in [0.2, 0.25) is 0 Å². The lowest BCUT2D eigenvalue weighted by atomic mass is 10.1. The van der Waals surface area contributed by atoms with Crippen molar-refractivity contribution in [3.63, 3.8) is 0 Å². The average molecular weight is 423 g/mol. The summed E-state index contributed by atoms with van der Waals surface area (Å²) >= 11 is 0. The van der Waals surface area contributed by atoms with Crippen molar-refractivity contribution in [1.82, 2.24) is 15.1 Å². The van der Waals surface area contributed by atoms with Gasteiger partial charge >= 0.3 is 5.97 Å². The first-order valence-corrected chi connectivity index (χ1v) is 9.77. The second kappa shape index (κ2) is 10.3. The van der Waals surface area contributed by atoms with E-state index in [0.29, 0.717) is 30.0 Å². The van der Waals surface area contributed by atoms with E-state index in [-0.39, 0.29) is 12.5 Å². The molecule has 3 aromatic rings. The van der Waals surface area contributed by atoms with Crippen molar-refractivity contribution in [1.29, 1.82) is 0 Å². The number of aryl methyl sites for hydroxylation is 1. The average Bonchev–Trinajstić information content (AvgIpc) is 3.23. The largest absolute Gasteiger partial charge is 0.493 e. The van der Waals surface area contributed by atoms with Crippen LogP contribution in [0.4, 0.5) is 0 Å². The van der Waals surface area contributed by atoms with Gasteiger partial charge in [0, 0.05) is 18.4 Å². The molecule has 0 aliphatic heterocycles. The highest BCUT2D eigenvalue weighted by Gasteiger charge is 2.11. The molecule has 0 unspecified atom stereocenters. The molecule has 1 aromatic heterocycles. The number of benzene rings is 2. The zero-order valence-electron chi connectivity index (χ0n) is 17.8. The monoisotopic (exact) mass is 423 g/mol. The zero-order chi connectivity index (χ0) is 22.2. The van der Waals surface area contributed by atoms with E-state index in [1.165, 1.54) is 0 Å². The van der Waals surface area contributed by atoms with Crippen LogP contribution in [-0.2, 0) is 16.0 Å². The summed E-state index contributed by atoms with van der Waals surface area (Å²) in [5.74, 6) is 0.361. The number of methoxy groups -OCH3 is 2. The minimum Gasteiger partial charge on any atom is -0.493 e. The number of hydrogen-bond acceptors (Lipinski definition) is 6. The van der Waals surface area contributed by atoms with Gasteiger partial charge in [0.1, 0.15) is 0 Å². The number of amides is 1. The molecule has 1 amide bonds. The third kappa shape index (κ3) is 5.63. The second-order valence-corrected chi connectivity index (χ2v) is 6.80. The molecule has 0 bridgehead atoms. The SMILES string of the molecule is COc1ccc(CCNC(=O)COC(=O)c2ccc(-n3nccc3C)cc2)cc1OC. The number of aromatic nitrogens is 2. The topological polar surface area (TPSA) is 91.7 Å². The van der Waals surface area contributed by atoms with Crippen LogP contribution in [0.15, 0.2) is 54.7 Å². The predicted molar refractivity (Wildman–Crippen MR) is 115 cm³/mol. The molecule has 0 atom stereocenters. The lowest BCUT2D eigenvalue weighted by Crippen LogP contribution is -2.30. The van der Waals surface area contributed by atoms with Gasteiger partial charge in [-0.2, -0.15) is 5.10 Å². The molecule has 0 saturated heterocycles. The molecule has 0 aliphatic carbocycles. The van der Waals surface area contributed by atoms with E-state index in [1.54, 1.807) is 49.4 Å². The van der Waals surface area contributed by atoms with Gasteiger partial charge < -0.3 is 19.5 Å². The quantitative estimate of drug-likeness (QED) is 0.532. The van der Waals surface area contributed by atoms with Gasteiger partial charge in [0.05, 0.1) is 25.5 Å². The fourth-order valence-corrected chi connectivity index (χ4v) is 3.03. The van der Waals surface area contributed by atoms with Crippen molar-refractivity contribution in [2.45, 2.75) is 13.3 Å². The molecule has 8 nitrogen and oxygen atoms in total. The molecule has 2 aromatic carbocycles. The van der Waals surface area contributed by atoms with Crippen LogP contribution in [0, 0.1) is 6.92 Å². The first-order valence-electron chi connectivity index (χ1n) is 9.77. The lowest BCUT2D eigenvalue weighted by Gasteiger charge is -2.10. The minimum absolute atomic E-state index is 0.342. The van der Waals surface area contributed by atoms with Gasteiger partial charge in [-0.15, -0.1) is 0 Å². The summed E-state index contributed by atoms with van der Waals surface area (Å²) in [7, 11) is 3.15. The highest BCUT2D eigenvalue weighted by Crippen LogP contribution is 2.27. The Balaban J connectivity index is 1.44. The molecule has 0 radical (unpaired) electrons. The lowest BCUT2D eigenvalue weighted by molar-refractivity contribution is -0.124. The highest BCUT2D eigenvalue weighted by atomic mass is 16.5. The fraction of sp³-hybridized carbons (Fsp3) is 0.261. The van der Waals surface area contributed by atoms with Gasteiger partial charge in [-0.3, -0.25) is 4.79 Å². The van der Waals surface area contributed by atoms with Crippen LogP contribution < -0.4 is 14.8 Å². The van der Waals surface area contributed by atoms with Crippen LogP contribution in [0.25, 0.3) is 5.69 Å². The summed E-state index contributed by atoms with van der Waals surface area (Å²) in [5, 5.41) is 6.96. The Bertz CT molecular complexity index is 1040. The van der Waals surface area contributed by atoms with Crippen LogP contribution >= 0.6 is 0 Å². The molecule has 1 heterocycles. The molecule has 0 fully saturated rings. The van der Waals surface area contributed by atoms with Crippen molar-refractivity contribution in [3.05, 3.63) is 71.5 Å². The zero-order valence-corrected chi connectivity index (χ0v) is 17.8. The van der Waals surface area contributed by atoms with Gasteiger partial charge in [-0.05, 0) is 61.4 Å². The number of carbonyl (C=O) groups excluding carboxylic acids is 2. The van der Waals surface area contributed by atoms with E-state index in [4.69, 9.17) is 14.2 Å². The van der Waals surface area contributed by atoms with Crippen LogP contribution in [0.3, 0.4) is 0 Å². The standard InChI is InChI=1S/C23H25N3O5/c1-16-10-13-25-26(16)19-7-5-18(6-8-19)23(28)31-15-22(27)24-12-11-17-4-9-20(29-2)21(14-17)30-3/h4-10,13-14H,11-12,15H2,1-3H3,(H,24,27). The van der Waals surface area contributed by atoms with Gasteiger partial charge in [0.25, 0.3) is 5.91 Å². The summed E-state index contributed by atoms with van der Waals surface area (Å²) in [6.45, 7) is 2.01. The maximum absolute atomic E-state index is 12.2. The van der Waals surface area contributed by atoms with Crippen molar-refractivity contribution >= 4 is 11.9 Å². The Kier molecular flexibility index (Phi) is 7.26. The maximum atomic E-state index is 12.2. The Morgan fingerprint density at radius 1 is 1.00 bits per heavy atom. The third-order valence-electron chi connectivity index (χ3n) is 4.70. The molecule has 3 rings (SSSR count). The predicted octanol–water partition coefficient (Wildman–Crippen LogP) is 2.71. The Labute approximate surface area is 180 Å². The van der Waals surface area contributed by atoms with Gasteiger partial charge in [0.15, 0.2) is 18.1 Å². The van der Waals surface area contributed by atoms with E-state index in [9.17, 15) is 9.59 Å². The molecule has 8 heteroatoms. The van der Waals surface area contributed by atoms with Crippen LogP contribution in [0.5, 0.6) is 11.5 Å². The minimum atomic E-state index is -0.557. The number of rotatable bonds is 9. The number of nitrogens with one attached hydrogen (secondary N) is 1. The van der Waals surface area contributed by atoms with Crippen LogP contribution in [0.1, 0.15) is 21.6 Å². The number of nitrogens with zero attached hydrogens (tertiary/aromatic N) is 2. The van der Waals surface area contributed by atoms with Gasteiger partial charge in [-0.1, -0.05) is 6.07 Å². The third-order valence-corrected chi connectivity index (χ3v) is 4.70. The Hall–Kier alpha value is -3.81. The van der Waals surface area contributed by atoms with Crippen molar-refractivity contribution in [3.8, 4) is 17.2 Å². The number of esters is 1. The van der Waals surface area contributed by atoms with Crippen molar-refractivity contribution in [2.24, 2.45) is 0 Å². The van der Waals surface area contributed by atoms with E-state index in [0.717, 1.165) is 16.9 Å². The number of ether oxygens (including phenoxy) is 3. The molecule has 0 spiro atoms. The summed E-state index contributed by atoms with van der Waals surface area (Å²) < 4.78 is 17.3. The maximum Gasteiger partial charge on any atom is 0.338 e. The van der Waals surface area contributed by atoms with Crippen LogP contribution in [-0.4, -0.2) is 49.0 Å². The van der Waals surface area contributed by atoms with E-state index in [1.807, 2.05) is 31.2 Å². The fourth-order valence-electron chi connectivity index (χ4n) is 3.03. The Morgan fingerprint density at radius 3 is 2.39 bits per heavy atom. The summed E-state index contributed by atoms with van der Waals surface area (Å²) in [4.78, 5) is 24.2. The molecule has 31 heavy (non-hydrogen) atoms. The molecule has 0 saturated carbocycles. The summed E-state index contributed by atoms with van der Waals surface area (Å²) in [6, 6.07) is 14.3. The van der Waals surface area contributed by atoms with E-state index < -0.39 is 5.97 Å². The number of hydrogen-bond donors (Lipinski definition) is 1. The normalized spacial score (nSPS) is 10.4. The highest BCUT2D eigenvalue weighted by molar-refractivity contribution is 5.91. The number of carbonyl (C=O) groups is 2. The first-order chi connectivity index (χ1) is 15.0. The van der Waals surface area contributed by atoms with Crippen molar-refractivity contribution < 1.29 is 23.8 Å². The molecular weight excluding hydrogens is 398 g/mol. The summed E-state index contributed by atoms with van der Waals surface area (Å²) in [5.41, 5.74) is 3.18. The van der Waals surface area contributed by atoms with E-state index >= 15 is 0 Å². The molecule has 162 valence electrons. The molecule has 0 aliphatic rings. The summed E-state index contributed by atoms with van der Waals surface area (Å²) in [6.07, 6.45) is 2.32. The molecular formula is C23H25N3O5. The van der Waals surface area contributed by atoms with E-state index in [2.05, 4.69) is 10.4 Å². The first kappa shape index (κ1) is 21.9. The van der Waals surface area contributed by atoms with Gasteiger partial charge in [0.2, 0.25) is 0 Å². The van der Waals surface area contributed by atoms with Gasteiger partial charge in [-0.25, -0.2) is 9.48 Å². The smallest absolute Gasteiger partial charge is 0.338 e. The Morgan fingerprint density at radius 2 is 1.74 bits per heavy atom.